The summed E-state index contributed by atoms with van der Waals surface area (Å²) in [7, 11) is -7.41. The average molecular weight is 2350 g/mol. The Balaban J connectivity index is -0.000000101. The Morgan fingerprint density at radius 2 is 0.768 bits per heavy atom. The van der Waals surface area contributed by atoms with Gasteiger partial charge in [0, 0.05) is 130 Å². The quantitative estimate of drug-likeness (QED) is 0.0216. The van der Waals surface area contributed by atoms with Gasteiger partial charge in [-0.2, -0.15) is 13.2 Å². The number of rotatable bonds is 25. The second kappa shape index (κ2) is 86.0. The van der Waals surface area contributed by atoms with Gasteiger partial charge in [0.25, 0.3) is 0 Å². The van der Waals surface area contributed by atoms with Gasteiger partial charge >= 0.3 is 12.1 Å². The number of halogens is 6. The van der Waals surface area contributed by atoms with Crippen molar-refractivity contribution in [3.63, 3.8) is 0 Å². The SMILES string of the molecule is C.C.CC(C)(F)C(F)(F)F.CCC.CCC(C)(C)I.CCC(C)C.CCC(C)I.CCC[Si](C)(C)CN(C(C)=O)c1ccccc1.CCC[Si](C)(C)c1cccc(N(C)C(C)=O)c1.CCN(C(C)=O)c1ccccc1.CCN(C)C(C)=O.CCNC(C)=O.CCOC(C)=O.CC[Si](C)(C)C.CC[Si](C)(C)O.C[Si](C)(C)C[Si](C)(C)C.C[Si](C)(C)O[Si](C)(C)C.C[Si](C)(C)c1ccc([Si](C)(C)C)cc1. The molecule has 0 saturated heterocycles. The van der Waals surface area contributed by atoms with E-state index in [1.54, 1.807) is 72.4 Å². The van der Waals surface area contributed by atoms with Gasteiger partial charge < -0.3 is 38.6 Å². The third-order valence-electron chi connectivity index (χ3n) is 19.0. The number of esters is 1. The fourth-order valence-electron chi connectivity index (χ4n) is 10.1. The van der Waals surface area contributed by atoms with Gasteiger partial charge in [-0.15, -0.1) is 0 Å². The van der Waals surface area contributed by atoms with Crippen LogP contribution in [-0.4, -0.2) is 192 Å². The van der Waals surface area contributed by atoms with Gasteiger partial charge in [0.05, 0.1) is 38.9 Å². The van der Waals surface area contributed by atoms with Crippen molar-refractivity contribution < 1.29 is 60.0 Å². The Kier molecular flexibility index (Phi) is 103. The molecule has 0 aliphatic rings. The molecule has 5 amide bonds. The van der Waals surface area contributed by atoms with E-state index < -0.39 is 93.3 Å². The van der Waals surface area contributed by atoms with Crippen LogP contribution in [0.5, 0.6) is 0 Å². The first-order valence-electron chi connectivity index (χ1n) is 50.1. The molecule has 1 unspecified atom stereocenters. The highest BCUT2D eigenvalue weighted by Crippen LogP contribution is 2.32. The lowest BCUT2D eigenvalue weighted by Gasteiger charge is -2.30. The topological polar surface area (TPSA) is 166 Å². The Labute approximate surface area is 892 Å². The van der Waals surface area contributed by atoms with Crippen LogP contribution < -0.4 is 35.6 Å². The maximum absolute atomic E-state index is 11.8. The summed E-state index contributed by atoms with van der Waals surface area (Å²) < 4.78 is 57.0. The number of anilines is 3. The minimum Gasteiger partial charge on any atom is -0.466 e. The van der Waals surface area contributed by atoms with Crippen LogP contribution >= 0.6 is 45.2 Å². The predicted molar refractivity (Wildman–Crippen MR) is 664 cm³/mol. The van der Waals surface area contributed by atoms with E-state index in [0.29, 0.717) is 23.9 Å². The number of hydrogen-bond acceptors (Lipinski definition) is 9. The molecular formula is C108H227F4I2N5O9Si10. The highest BCUT2D eigenvalue weighted by atomic mass is 127. The molecule has 2 N–H and O–H groups in total. The van der Waals surface area contributed by atoms with Gasteiger partial charge in [-0.25, -0.2) is 4.39 Å². The van der Waals surface area contributed by atoms with Crippen molar-refractivity contribution in [3.05, 3.63) is 109 Å². The summed E-state index contributed by atoms with van der Waals surface area (Å²) in [5, 5.41) is 7.14. The van der Waals surface area contributed by atoms with Crippen LogP contribution in [0.1, 0.15) is 233 Å². The zero-order chi connectivity index (χ0) is 111. The Morgan fingerprint density at radius 3 is 0.920 bits per heavy atom. The van der Waals surface area contributed by atoms with Crippen molar-refractivity contribution in [2.75, 3.05) is 61.2 Å². The lowest BCUT2D eigenvalue weighted by molar-refractivity contribution is -0.216. The van der Waals surface area contributed by atoms with Gasteiger partial charge in [0.1, 0.15) is 0 Å². The third kappa shape index (κ3) is 125. The zero-order valence-electron chi connectivity index (χ0n) is 98.6. The molecule has 4 aromatic rings. The number of nitrogens with zero attached hydrogens (tertiary/aromatic N) is 4. The molecule has 0 aromatic heterocycles. The third-order valence-corrected chi connectivity index (χ3v) is 48.6. The molecule has 14 nitrogen and oxygen atoms in total. The molecule has 0 bridgehead atoms. The van der Waals surface area contributed by atoms with Crippen LogP contribution in [0.15, 0.2) is 109 Å². The number of ether oxygens (including phenoxy) is 1. The van der Waals surface area contributed by atoms with Crippen LogP contribution in [0.3, 0.4) is 0 Å². The minimum absolute atomic E-state index is 0. The van der Waals surface area contributed by atoms with Gasteiger partial charge in [-0.1, -0.05) is 419 Å². The molecule has 0 fully saturated rings. The second-order valence-corrected chi connectivity index (χ2v) is 102. The molecule has 0 aliphatic carbocycles. The molecule has 30 heteroatoms. The molecule has 4 aromatic carbocycles. The van der Waals surface area contributed by atoms with E-state index in [4.69, 9.17) is 8.91 Å². The maximum Gasteiger partial charge on any atom is 0.421 e. The monoisotopic (exact) mass is 2350 g/mol. The number of para-hydroxylation sites is 2. The minimum atomic E-state index is -4.73. The van der Waals surface area contributed by atoms with Crippen LogP contribution in [0.2, 0.25) is 207 Å². The van der Waals surface area contributed by atoms with Crippen molar-refractivity contribution >= 4 is 195 Å². The van der Waals surface area contributed by atoms with Crippen molar-refractivity contribution in [1.29, 1.82) is 0 Å². The smallest absolute Gasteiger partial charge is 0.421 e. The number of alkyl halides is 6. The van der Waals surface area contributed by atoms with Gasteiger partial charge in [-0.05, 0) is 155 Å². The number of nitrogens with one attached hydrogen (secondary N) is 1. The second-order valence-electron chi connectivity index (χ2n) is 45.3. The number of carbonyl (C=O) groups is 6. The van der Waals surface area contributed by atoms with Crippen LogP contribution in [-0.2, 0) is 37.6 Å². The molecule has 4 rings (SSSR count). The normalized spacial score (nSPS) is 11.3. The van der Waals surface area contributed by atoms with Crippen LogP contribution in [0, 0.1) is 5.92 Å². The number of carbonyl (C=O) groups excluding carboxylic acids is 6. The zero-order valence-corrected chi connectivity index (χ0v) is 113. The first kappa shape index (κ1) is 166. The van der Waals surface area contributed by atoms with E-state index in [1.807, 2.05) is 119 Å². The molecule has 1 atom stereocenters. The fraction of sp³-hybridized carbons (Fsp3) is 0.722. The van der Waals surface area contributed by atoms with E-state index >= 15 is 0 Å². The van der Waals surface area contributed by atoms with E-state index in [2.05, 4.69) is 351 Å². The molecule has 0 heterocycles. The molecule has 0 radical (unpaired) electrons. The molecule has 820 valence electrons. The highest BCUT2D eigenvalue weighted by molar-refractivity contribution is 14.1. The first-order chi connectivity index (χ1) is 60.8. The van der Waals surface area contributed by atoms with E-state index in [0.717, 1.165) is 58.8 Å². The van der Waals surface area contributed by atoms with Gasteiger partial charge in [0.2, 0.25) is 29.5 Å². The lowest BCUT2D eigenvalue weighted by Crippen LogP contribution is -2.44. The van der Waals surface area contributed by atoms with Crippen molar-refractivity contribution in [2.24, 2.45) is 5.92 Å². The maximum atomic E-state index is 11.8. The van der Waals surface area contributed by atoms with Crippen LogP contribution in [0.4, 0.5) is 34.6 Å². The molecule has 138 heavy (non-hydrogen) atoms. The Bertz CT molecular complexity index is 3410. The summed E-state index contributed by atoms with van der Waals surface area (Å²) in [6.45, 7) is 114. The number of benzene rings is 4. The fourth-order valence-corrected chi connectivity index (χ4v) is 37.9. The summed E-state index contributed by atoms with van der Waals surface area (Å²) in [4.78, 5) is 80.3. The summed E-state index contributed by atoms with van der Waals surface area (Å²) >= 11 is 4.85. The van der Waals surface area contributed by atoms with Crippen LogP contribution in [0.25, 0.3) is 0 Å². The Morgan fingerprint density at radius 1 is 0.457 bits per heavy atom. The standard InChI is InChI=1S/2C14H23NOSi.C12H22Si2.C10H13NO.C7H20Si2.C6H18OSi2.C5H11I.C5H11NO.C5H14Si.C5H12.C4H6F4.C4H9I.C4H9NO.C4H8O2.C4H12OSi.C3H8.2CH4/c1-6-10-17(4,5)14-9-7-8-13(11-14)15(3)12(2)16;1-5-11-17(3,4)12-15(13(2)16)14-9-7-6-8-10-14;1-13(2,3)11-7-9-12(10-8-11)14(4,5)6;1-3-11(9(2)12)10-7-5-4-6-8-10;2*1-8(2,3)7-9(4,5)6;1-4-5(2,3)6;1-4-6(3)5(2)7;1-5-6(2,3)4;1-4-5(2)3;1-3(2,5)4(6,7)8;1-3-4(2)5;1-3-5-4(2)6;1-3-6-4(2)5;1-4-6(2,3)5;1-3-2;;/h7-9,11H,6,10H2,1-5H3;6-10H,5,11-12H2,1-4H3;7-10H,1-6H3;4-8H,3H2,1-2H3;7H2,1-6H3;1-6H3;4H2,1-3H3;4H2,1-3H3;5H2,1-4H3;5H,4H2,1-3H3;1-2H3;4H,3H2,1-2H3;3H2,1-2H3,(H,5,6);3H2,1-2H3;5H,4H2,1-3H3;3H2,1-2H3;2*1H4. The van der Waals surface area contributed by atoms with Crippen molar-refractivity contribution in [2.45, 2.75) is 459 Å². The summed E-state index contributed by atoms with van der Waals surface area (Å²) in [5.74, 6) is 1.15. The van der Waals surface area contributed by atoms with Crippen molar-refractivity contribution in [1.82, 2.24) is 10.2 Å². The largest absolute Gasteiger partial charge is 0.466 e. The molecule has 0 saturated carbocycles. The number of hydrogen-bond donors (Lipinski definition) is 2. The molecule has 0 aliphatic heterocycles. The average Bonchev–Trinajstić information content (AvgIpc) is 0.831. The first-order valence-corrected chi connectivity index (χ1v) is 87.1. The van der Waals surface area contributed by atoms with E-state index in [9.17, 15) is 46.3 Å². The van der Waals surface area contributed by atoms with Gasteiger partial charge in [0.15, 0.2) is 30.6 Å². The van der Waals surface area contributed by atoms with Gasteiger partial charge in [-0.3, -0.25) is 28.8 Å². The number of amides is 5. The Hall–Kier alpha value is -3.03. The lowest BCUT2D eigenvalue weighted by atomic mass is 10.2. The predicted octanol–water partition coefficient (Wildman–Crippen LogP) is 34.0. The van der Waals surface area contributed by atoms with E-state index in [1.165, 1.54) is 75.7 Å². The summed E-state index contributed by atoms with van der Waals surface area (Å²) in [6, 6.07) is 42.4. The summed E-state index contributed by atoms with van der Waals surface area (Å²) in [5.41, 5.74) is 1.50. The highest BCUT2D eigenvalue weighted by Gasteiger charge is 2.48. The molecule has 0 spiro atoms. The van der Waals surface area contributed by atoms with Crippen molar-refractivity contribution in [3.8, 4) is 0 Å². The molecular weight excluding hydrogens is 2120 g/mol. The van der Waals surface area contributed by atoms with E-state index in [-0.39, 0.29) is 50.4 Å². The summed E-state index contributed by atoms with van der Waals surface area (Å²) in [6.07, 6.45) is 3.73.